The van der Waals surface area contributed by atoms with Crippen LogP contribution in [0.4, 0.5) is 10.6 Å². The van der Waals surface area contributed by atoms with Crippen LogP contribution in [-0.4, -0.2) is 16.1 Å². The van der Waals surface area contributed by atoms with E-state index < -0.39 is 6.09 Å². The molecule has 7 heteroatoms. The van der Waals surface area contributed by atoms with Crippen LogP contribution in [0.15, 0.2) is 30.3 Å². The molecule has 0 aliphatic heterocycles. The first-order valence-corrected chi connectivity index (χ1v) is 9.95. The minimum atomic E-state index is -0.499. The van der Waals surface area contributed by atoms with E-state index in [0.717, 1.165) is 35.0 Å². The number of aryl methyl sites for hydroxylation is 2. The number of nitrogens with one attached hydrogen (secondary N) is 2. The van der Waals surface area contributed by atoms with Crippen molar-refractivity contribution in [2.75, 3.05) is 5.32 Å². The predicted molar refractivity (Wildman–Crippen MR) is 106 cm³/mol. The van der Waals surface area contributed by atoms with Gasteiger partial charge in [0.05, 0.1) is 5.39 Å². The van der Waals surface area contributed by atoms with Gasteiger partial charge in [0.2, 0.25) is 0 Å². The number of aromatic amines is 1. The molecule has 4 rings (SSSR count). The maximum atomic E-state index is 12.3. The molecule has 0 bridgehead atoms. The van der Waals surface area contributed by atoms with Crippen LogP contribution in [0.1, 0.15) is 35.3 Å². The summed E-state index contributed by atoms with van der Waals surface area (Å²) in [5.74, 6) is 0.595. The first-order valence-electron chi connectivity index (χ1n) is 8.73. The number of nitrogens with zero attached hydrogens (tertiary/aromatic N) is 1. The normalized spacial score (nSPS) is 13.8. The van der Waals surface area contributed by atoms with Crippen LogP contribution in [0.2, 0.25) is 0 Å². The molecule has 2 heterocycles. The topological polar surface area (TPSA) is 67.0 Å². The highest BCUT2D eigenvalue weighted by Crippen LogP contribution is 2.37. The summed E-state index contributed by atoms with van der Waals surface area (Å²) in [6.07, 6.45) is 5.18. The maximum absolute atomic E-state index is 12.3. The Hall–Kier alpha value is -2.25. The van der Waals surface area contributed by atoms with E-state index in [1.807, 2.05) is 30.3 Å². The average molecular weight is 386 g/mol. The second-order valence-electron chi connectivity index (χ2n) is 6.35. The number of anilines is 1. The highest BCUT2D eigenvalue weighted by Gasteiger charge is 2.20. The summed E-state index contributed by atoms with van der Waals surface area (Å²) in [6.45, 7) is 0.226. The second kappa shape index (κ2) is 7.55. The zero-order valence-electron chi connectivity index (χ0n) is 14.2. The fourth-order valence-corrected chi connectivity index (χ4v) is 4.83. The van der Waals surface area contributed by atoms with Crippen LogP contribution >= 0.6 is 23.6 Å². The van der Waals surface area contributed by atoms with E-state index >= 15 is 0 Å². The van der Waals surface area contributed by atoms with Crippen molar-refractivity contribution in [1.29, 1.82) is 0 Å². The van der Waals surface area contributed by atoms with Gasteiger partial charge in [-0.1, -0.05) is 36.8 Å². The molecule has 0 radical (unpaired) electrons. The number of rotatable bonds is 3. The number of benzene rings is 1. The molecule has 26 heavy (non-hydrogen) atoms. The lowest BCUT2D eigenvalue weighted by Crippen LogP contribution is -2.15. The molecule has 0 spiro atoms. The second-order valence-corrected chi connectivity index (χ2v) is 7.82. The molecule has 1 aliphatic rings. The Morgan fingerprint density at radius 2 is 2.04 bits per heavy atom. The van der Waals surface area contributed by atoms with E-state index in [4.69, 9.17) is 17.0 Å². The summed E-state index contributed by atoms with van der Waals surface area (Å²) < 4.78 is 5.71. The quantitative estimate of drug-likeness (QED) is 0.470. The summed E-state index contributed by atoms with van der Waals surface area (Å²) in [4.78, 5) is 22.0. The standard InChI is InChI=1S/C19H19N3O2S2/c23-19(24-11-12-7-3-1-4-8-12)21-16-15-13-9-5-2-6-10-14(13)26-17(15)22-18(25)20-16/h1,3-4,7-8H,2,5-6,9-11H2,(H2,20,21,22,23,25). The molecule has 134 valence electrons. The third-order valence-electron chi connectivity index (χ3n) is 4.53. The third kappa shape index (κ3) is 3.64. The van der Waals surface area contributed by atoms with Gasteiger partial charge in [0.25, 0.3) is 0 Å². The number of hydrogen-bond acceptors (Lipinski definition) is 5. The van der Waals surface area contributed by atoms with Crippen LogP contribution < -0.4 is 5.32 Å². The molecule has 0 saturated heterocycles. The minimum absolute atomic E-state index is 0.226. The van der Waals surface area contributed by atoms with Gasteiger partial charge in [-0.25, -0.2) is 9.78 Å². The molecule has 1 aromatic carbocycles. The van der Waals surface area contributed by atoms with Crippen LogP contribution in [0.25, 0.3) is 10.2 Å². The van der Waals surface area contributed by atoms with Gasteiger partial charge in [-0.2, -0.15) is 0 Å². The predicted octanol–water partition coefficient (Wildman–Crippen LogP) is 5.37. The largest absolute Gasteiger partial charge is 0.444 e. The molecule has 1 amide bonds. The number of thiophene rings is 1. The van der Waals surface area contributed by atoms with Crippen LogP contribution in [0, 0.1) is 4.77 Å². The van der Waals surface area contributed by atoms with E-state index in [1.54, 1.807) is 11.3 Å². The lowest BCUT2D eigenvalue weighted by Gasteiger charge is -2.09. The van der Waals surface area contributed by atoms with E-state index in [-0.39, 0.29) is 6.61 Å². The molecule has 0 saturated carbocycles. The average Bonchev–Trinajstić information content (AvgIpc) is 2.82. The number of H-pyrrole nitrogens is 1. The number of carbonyl (C=O) groups excluding carboxylic acids is 1. The minimum Gasteiger partial charge on any atom is -0.444 e. The monoisotopic (exact) mass is 385 g/mol. The number of fused-ring (bicyclic) bond motifs is 3. The number of hydrogen-bond donors (Lipinski definition) is 2. The SMILES string of the molecule is O=C(Nc1[nH]c(=S)nc2sc3c(c12)CCCCC3)OCc1ccccc1. The van der Waals surface area contributed by atoms with E-state index in [0.29, 0.717) is 10.6 Å². The Kier molecular flexibility index (Phi) is 4.99. The summed E-state index contributed by atoms with van der Waals surface area (Å²) in [5, 5.41) is 3.82. The van der Waals surface area contributed by atoms with E-state index in [9.17, 15) is 4.79 Å². The van der Waals surface area contributed by atoms with Crippen molar-refractivity contribution in [3.63, 3.8) is 0 Å². The van der Waals surface area contributed by atoms with Gasteiger partial charge < -0.3 is 9.72 Å². The Bertz CT molecular complexity index is 995. The fourth-order valence-electron chi connectivity index (χ4n) is 3.31. The summed E-state index contributed by atoms with van der Waals surface area (Å²) in [5.41, 5.74) is 2.24. The first kappa shape index (κ1) is 17.2. The van der Waals surface area contributed by atoms with E-state index in [2.05, 4.69) is 15.3 Å². The highest BCUT2D eigenvalue weighted by atomic mass is 32.1. The molecule has 0 fully saturated rings. The first-order chi connectivity index (χ1) is 12.7. The Balaban J connectivity index is 1.60. The van der Waals surface area contributed by atoms with Gasteiger partial charge in [-0.05, 0) is 49.0 Å². The van der Waals surface area contributed by atoms with Crippen LogP contribution in [0.5, 0.6) is 0 Å². The van der Waals surface area contributed by atoms with Crippen LogP contribution in [-0.2, 0) is 24.2 Å². The van der Waals surface area contributed by atoms with Crippen molar-refractivity contribution in [3.8, 4) is 0 Å². The van der Waals surface area contributed by atoms with Crippen LogP contribution in [0.3, 0.4) is 0 Å². The Labute approximate surface area is 160 Å². The summed E-state index contributed by atoms with van der Waals surface area (Å²) in [7, 11) is 0. The van der Waals surface area contributed by atoms with Crippen molar-refractivity contribution in [2.24, 2.45) is 0 Å². The Morgan fingerprint density at radius 1 is 1.23 bits per heavy atom. The van der Waals surface area contributed by atoms with Crippen molar-refractivity contribution in [1.82, 2.24) is 9.97 Å². The van der Waals surface area contributed by atoms with Crippen molar-refractivity contribution in [2.45, 2.75) is 38.7 Å². The number of carbonyl (C=O) groups is 1. The van der Waals surface area contributed by atoms with E-state index in [1.165, 1.54) is 23.3 Å². The number of ether oxygens (including phenoxy) is 1. The van der Waals surface area contributed by atoms with Crippen molar-refractivity contribution in [3.05, 3.63) is 51.1 Å². The third-order valence-corrected chi connectivity index (χ3v) is 5.91. The van der Waals surface area contributed by atoms with Crippen molar-refractivity contribution >= 4 is 45.7 Å². The van der Waals surface area contributed by atoms with Gasteiger partial charge in [0, 0.05) is 4.88 Å². The maximum Gasteiger partial charge on any atom is 0.413 e. The molecular formula is C19H19N3O2S2. The summed E-state index contributed by atoms with van der Waals surface area (Å²) >= 11 is 6.93. The fraction of sp³-hybridized carbons (Fsp3) is 0.316. The zero-order chi connectivity index (χ0) is 17.9. The number of amides is 1. The molecule has 1 aliphatic carbocycles. The van der Waals surface area contributed by atoms with Gasteiger partial charge in [-0.15, -0.1) is 11.3 Å². The molecule has 3 aromatic rings. The van der Waals surface area contributed by atoms with Gasteiger partial charge >= 0.3 is 6.09 Å². The van der Waals surface area contributed by atoms with Crippen molar-refractivity contribution < 1.29 is 9.53 Å². The van der Waals surface area contributed by atoms with Gasteiger partial charge in [-0.3, -0.25) is 5.32 Å². The lowest BCUT2D eigenvalue weighted by atomic mass is 10.1. The zero-order valence-corrected chi connectivity index (χ0v) is 15.8. The van der Waals surface area contributed by atoms with Gasteiger partial charge in [0.15, 0.2) is 4.77 Å². The molecule has 0 unspecified atom stereocenters. The Morgan fingerprint density at radius 3 is 2.88 bits per heavy atom. The molecular weight excluding hydrogens is 366 g/mol. The summed E-state index contributed by atoms with van der Waals surface area (Å²) in [6, 6.07) is 9.61. The smallest absolute Gasteiger partial charge is 0.413 e. The number of aromatic nitrogens is 2. The molecule has 2 aromatic heterocycles. The lowest BCUT2D eigenvalue weighted by molar-refractivity contribution is 0.155. The highest BCUT2D eigenvalue weighted by molar-refractivity contribution is 7.71. The van der Waals surface area contributed by atoms with Gasteiger partial charge in [0.1, 0.15) is 17.3 Å². The molecule has 0 atom stereocenters. The molecule has 2 N–H and O–H groups in total. The molecule has 5 nitrogen and oxygen atoms in total.